The molecule has 7 nitrogen and oxygen atoms in total. The normalized spacial score (nSPS) is 18.8. The van der Waals surface area contributed by atoms with Gasteiger partial charge in [0.2, 0.25) is 0 Å². The number of aromatic nitrogens is 1. The third kappa shape index (κ3) is 3.03. The van der Waals surface area contributed by atoms with Crippen molar-refractivity contribution in [3.05, 3.63) is 26.1 Å². The second-order valence-corrected chi connectivity index (χ2v) is 8.48. The topological polar surface area (TPSA) is 96.8 Å². The van der Waals surface area contributed by atoms with E-state index in [9.17, 15) is 13.6 Å². The van der Waals surface area contributed by atoms with Gasteiger partial charge in [0, 0.05) is 0 Å². The molecule has 0 unspecified atom stereocenters. The maximum atomic E-state index is 11.7. The van der Waals surface area contributed by atoms with Gasteiger partial charge in [0.05, 0.1) is 0 Å². The van der Waals surface area contributed by atoms with Crippen molar-refractivity contribution in [2.24, 2.45) is 0 Å². The monoisotopic (exact) mass is 405 g/mol. The van der Waals surface area contributed by atoms with Crippen LogP contribution >= 0.6 is 11.6 Å². The summed E-state index contributed by atoms with van der Waals surface area (Å²) in [6, 6.07) is 1.46. The minimum absolute atomic E-state index is 0.0880. The van der Waals surface area contributed by atoms with E-state index >= 15 is 0 Å². The summed E-state index contributed by atoms with van der Waals surface area (Å²) in [4.78, 5) is 3.97. The van der Waals surface area contributed by atoms with Crippen molar-refractivity contribution >= 4 is 27.4 Å². The van der Waals surface area contributed by atoms with Gasteiger partial charge in [0.25, 0.3) is 0 Å². The molecule has 0 saturated carbocycles. The van der Waals surface area contributed by atoms with Gasteiger partial charge in [0.1, 0.15) is 0 Å². The van der Waals surface area contributed by atoms with Crippen LogP contribution in [0.2, 0.25) is 5.02 Å². The molecule has 0 atom stereocenters. The predicted molar refractivity (Wildman–Crippen MR) is 60.7 cm³/mol. The molecule has 0 aliphatic carbocycles. The third-order valence-electron chi connectivity index (χ3n) is 2.29. The van der Waals surface area contributed by atoms with Crippen LogP contribution in [0.1, 0.15) is 6.42 Å². The zero-order valence-corrected chi connectivity index (χ0v) is 12.7. The summed E-state index contributed by atoms with van der Waals surface area (Å²) < 4.78 is 25.0. The van der Waals surface area contributed by atoms with E-state index in [1.54, 1.807) is 0 Å². The molecule has 10 heteroatoms. The SMILES string of the molecule is O=S1(=O)CCCN1c1ncc([I-]N([O-])O)cc1Cl. The number of sulfonamides is 1. The summed E-state index contributed by atoms with van der Waals surface area (Å²) in [6.07, 6.45) is 1.91. The Hall–Kier alpha value is -0.200. The van der Waals surface area contributed by atoms with Crippen molar-refractivity contribution in [2.45, 2.75) is 6.42 Å². The zero-order chi connectivity index (χ0) is 13.3. The summed E-state index contributed by atoms with van der Waals surface area (Å²) in [5.41, 5.74) is 0. The first-order valence-corrected chi connectivity index (χ1v) is 8.90. The molecular weight excluding hydrogens is 397 g/mol. The molecule has 0 radical (unpaired) electrons. The number of rotatable bonds is 3. The Morgan fingerprint density at radius 3 is 2.83 bits per heavy atom. The average molecular weight is 406 g/mol. The summed E-state index contributed by atoms with van der Waals surface area (Å²) in [7, 11) is -3.32. The van der Waals surface area contributed by atoms with Crippen molar-refractivity contribution < 1.29 is 35.1 Å². The zero-order valence-electron chi connectivity index (χ0n) is 8.95. The summed E-state index contributed by atoms with van der Waals surface area (Å²) in [5.74, 6) is 0.266. The van der Waals surface area contributed by atoms with Crippen LogP contribution < -0.4 is 25.8 Å². The van der Waals surface area contributed by atoms with Crippen LogP contribution in [-0.4, -0.2) is 34.3 Å². The van der Waals surface area contributed by atoms with Crippen molar-refractivity contribution in [3.8, 4) is 0 Å². The van der Waals surface area contributed by atoms with E-state index in [2.05, 4.69) is 4.98 Å². The van der Waals surface area contributed by atoms with Crippen LogP contribution in [0.5, 0.6) is 0 Å². The van der Waals surface area contributed by atoms with Crippen molar-refractivity contribution in [3.63, 3.8) is 0 Å². The summed E-state index contributed by atoms with van der Waals surface area (Å²) >= 11 is 4.69. The van der Waals surface area contributed by atoms with E-state index in [0.717, 1.165) is 0 Å². The Morgan fingerprint density at radius 1 is 1.61 bits per heavy atom. The molecule has 2 heterocycles. The Bertz CT molecular complexity index is 553. The molecule has 1 N–H and O–H groups in total. The molecule has 1 fully saturated rings. The van der Waals surface area contributed by atoms with Gasteiger partial charge in [-0.1, -0.05) is 0 Å². The fourth-order valence-electron chi connectivity index (χ4n) is 1.60. The van der Waals surface area contributed by atoms with E-state index in [1.165, 1.54) is 16.6 Å². The Balaban J connectivity index is 2.30. The number of nitrogens with zero attached hydrogens (tertiary/aromatic N) is 3. The van der Waals surface area contributed by atoms with Gasteiger partial charge in [-0.15, -0.1) is 0 Å². The predicted octanol–water partition coefficient (Wildman–Crippen LogP) is -2.36. The van der Waals surface area contributed by atoms with Crippen LogP contribution in [-0.2, 0) is 10.0 Å². The van der Waals surface area contributed by atoms with E-state index in [1.807, 2.05) is 0 Å². The van der Waals surface area contributed by atoms with Gasteiger partial charge in [-0.05, 0) is 0 Å². The summed E-state index contributed by atoms with van der Waals surface area (Å²) in [5, 5.41) is 19.3. The first-order valence-electron chi connectivity index (χ1n) is 4.87. The van der Waals surface area contributed by atoms with E-state index in [4.69, 9.17) is 16.8 Å². The Labute approximate surface area is 120 Å². The second-order valence-electron chi connectivity index (χ2n) is 3.51. The van der Waals surface area contributed by atoms with Crippen molar-refractivity contribution in [1.82, 2.24) is 8.42 Å². The molecule has 1 aliphatic rings. The van der Waals surface area contributed by atoms with Gasteiger partial charge < -0.3 is 0 Å². The Morgan fingerprint density at radius 2 is 2.33 bits per heavy atom. The number of hydrogen-bond donors (Lipinski definition) is 1. The number of pyridine rings is 1. The Kier molecular flexibility index (Phi) is 4.29. The molecule has 1 aliphatic heterocycles. The van der Waals surface area contributed by atoms with Gasteiger partial charge in [0.15, 0.2) is 0 Å². The fraction of sp³-hybridized carbons (Fsp3) is 0.375. The van der Waals surface area contributed by atoms with Crippen LogP contribution in [0, 0.1) is 8.78 Å². The van der Waals surface area contributed by atoms with Gasteiger partial charge >= 0.3 is 120 Å². The maximum absolute atomic E-state index is 11.7. The van der Waals surface area contributed by atoms with Gasteiger partial charge in [-0.25, -0.2) is 0 Å². The minimum atomic E-state index is -3.32. The van der Waals surface area contributed by atoms with E-state index in [-0.39, 0.29) is 20.0 Å². The van der Waals surface area contributed by atoms with Crippen LogP contribution in [0.4, 0.5) is 5.82 Å². The van der Waals surface area contributed by atoms with Gasteiger partial charge in [-0.3, -0.25) is 0 Å². The second kappa shape index (κ2) is 5.43. The molecule has 1 aromatic heterocycles. The number of halogens is 2. The molecule has 0 amide bonds. The van der Waals surface area contributed by atoms with Crippen LogP contribution in [0.25, 0.3) is 0 Å². The molecule has 1 saturated heterocycles. The quantitative estimate of drug-likeness (QED) is 0.343. The van der Waals surface area contributed by atoms with E-state index < -0.39 is 31.5 Å². The molecular formula is C8H9ClIN3O4S-2. The molecule has 18 heavy (non-hydrogen) atoms. The number of anilines is 1. The van der Waals surface area contributed by atoms with Crippen LogP contribution in [0.3, 0.4) is 0 Å². The van der Waals surface area contributed by atoms with Crippen LogP contribution in [0.15, 0.2) is 12.3 Å². The molecule has 0 spiro atoms. The first kappa shape index (κ1) is 14.2. The molecule has 2 rings (SSSR count). The molecule has 1 aromatic rings. The molecule has 0 aromatic carbocycles. The number of hydrogen-bond acceptors (Lipinski definition) is 6. The van der Waals surface area contributed by atoms with Crippen molar-refractivity contribution in [1.29, 1.82) is 0 Å². The van der Waals surface area contributed by atoms with E-state index in [0.29, 0.717) is 16.5 Å². The van der Waals surface area contributed by atoms with Gasteiger partial charge in [-0.2, -0.15) is 0 Å². The van der Waals surface area contributed by atoms with Crippen molar-refractivity contribution in [2.75, 3.05) is 16.6 Å². The standard InChI is InChI=1S/C8H9ClIN3O4S/c9-7-4-6(10-13(14)15)5-11-8(7)12-2-1-3-18(12,16)17/h4-5,14H,1-3H2/q-2. The first-order chi connectivity index (χ1) is 8.40. The molecule has 0 bridgehead atoms. The molecule has 102 valence electrons. The third-order valence-corrected chi connectivity index (χ3v) is 5.96. The average Bonchev–Trinajstić information content (AvgIpc) is 2.57. The fourth-order valence-corrected chi connectivity index (χ4v) is 4.82. The summed E-state index contributed by atoms with van der Waals surface area (Å²) in [6.45, 7) is 0.358.